The molecule has 0 saturated heterocycles. The Hall–Kier alpha value is -3.47. The van der Waals surface area contributed by atoms with E-state index in [0.29, 0.717) is 24.5 Å². The Morgan fingerprint density at radius 3 is 2.61 bits per heavy atom. The molecule has 0 aliphatic heterocycles. The second-order valence-corrected chi connectivity index (χ2v) is 6.70. The summed E-state index contributed by atoms with van der Waals surface area (Å²) in [4.78, 5) is 11.5. The number of nitrogens with zero attached hydrogens (tertiary/aromatic N) is 1. The monoisotopic (exact) mass is 376 g/mol. The Kier molecular flexibility index (Phi) is 4.89. The molecule has 0 atom stereocenters. The highest BCUT2D eigenvalue weighted by atomic mass is 19.1. The van der Waals surface area contributed by atoms with Gasteiger partial charge in [-0.15, -0.1) is 0 Å². The number of hydrogen-bond acceptors (Lipinski definition) is 3. The Labute approximate surface area is 161 Å². The molecule has 4 rings (SSSR count). The lowest BCUT2D eigenvalue weighted by molar-refractivity contribution is -0.688. The first-order valence-electron chi connectivity index (χ1n) is 8.96. The van der Waals surface area contributed by atoms with Gasteiger partial charge in [-0.05, 0) is 36.8 Å². The van der Waals surface area contributed by atoms with Crippen LogP contribution < -0.4 is 14.9 Å². The van der Waals surface area contributed by atoms with Crippen molar-refractivity contribution in [3.8, 4) is 5.75 Å². The predicted molar refractivity (Wildman–Crippen MR) is 104 cm³/mol. The fourth-order valence-corrected chi connectivity index (χ4v) is 3.10. The summed E-state index contributed by atoms with van der Waals surface area (Å²) in [5.74, 6) is 0.405. The van der Waals surface area contributed by atoms with Crippen LogP contribution >= 0.6 is 0 Å². The quantitative estimate of drug-likeness (QED) is 0.388. The van der Waals surface area contributed by atoms with Gasteiger partial charge in [-0.3, -0.25) is 0 Å². The van der Waals surface area contributed by atoms with Crippen LogP contribution in [0.5, 0.6) is 5.75 Å². The maximum absolute atomic E-state index is 13.3. The van der Waals surface area contributed by atoms with Crippen LogP contribution in [0, 0.1) is 12.7 Å². The van der Waals surface area contributed by atoms with Crippen LogP contribution in [0.3, 0.4) is 0 Å². The molecule has 0 N–H and O–H groups in total. The van der Waals surface area contributed by atoms with E-state index in [0.717, 1.165) is 22.1 Å². The summed E-state index contributed by atoms with van der Waals surface area (Å²) in [6, 6.07) is 17.5. The lowest BCUT2D eigenvalue weighted by Gasteiger charge is -2.07. The Balaban J connectivity index is 1.43. The van der Waals surface area contributed by atoms with E-state index in [1.54, 1.807) is 12.1 Å². The van der Waals surface area contributed by atoms with Crippen LogP contribution in [0.15, 0.2) is 82.3 Å². The van der Waals surface area contributed by atoms with E-state index < -0.39 is 0 Å². The van der Waals surface area contributed by atoms with Crippen molar-refractivity contribution in [1.82, 2.24) is 0 Å². The fourth-order valence-electron chi connectivity index (χ4n) is 3.10. The minimum absolute atomic E-state index is 0.232. The molecule has 4 nitrogen and oxygen atoms in total. The summed E-state index contributed by atoms with van der Waals surface area (Å²) >= 11 is 0. The van der Waals surface area contributed by atoms with Gasteiger partial charge in [-0.1, -0.05) is 12.1 Å². The van der Waals surface area contributed by atoms with Crippen LogP contribution in [0.1, 0.15) is 16.7 Å². The van der Waals surface area contributed by atoms with E-state index in [1.165, 1.54) is 18.2 Å². The molecule has 28 heavy (non-hydrogen) atoms. The molecule has 140 valence electrons. The number of halogens is 1. The van der Waals surface area contributed by atoms with Gasteiger partial charge in [-0.25, -0.2) is 13.8 Å². The van der Waals surface area contributed by atoms with E-state index >= 15 is 0 Å². The van der Waals surface area contributed by atoms with Crippen molar-refractivity contribution in [2.24, 2.45) is 0 Å². The third-order valence-electron chi connectivity index (χ3n) is 4.54. The van der Waals surface area contributed by atoms with Gasteiger partial charge >= 0.3 is 5.63 Å². The number of aromatic nitrogens is 1. The SMILES string of the molecule is Cc1cc(=O)oc2cc(OCc3cc[n+](Cc4cccc(F)c4)cc3)ccc12. The molecule has 0 spiro atoms. The van der Waals surface area contributed by atoms with Crippen molar-refractivity contribution in [3.63, 3.8) is 0 Å². The molecule has 2 aromatic heterocycles. The van der Waals surface area contributed by atoms with Crippen LogP contribution in [0.2, 0.25) is 0 Å². The van der Waals surface area contributed by atoms with Gasteiger partial charge in [0.25, 0.3) is 0 Å². The first-order chi connectivity index (χ1) is 13.6. The van der Waals surface area contributed by atoms with Gasteiger partial charge in [0.1, 0.15) is 23.8 Å². The van der Waals surface area contributed by atoms with E-state index in [2.05, 4.69) is 0 Å². The maximum atomic E-state index is 13.3. The number of ether oxygens (including phenoxy) is 1. The number of fused-ring (bicyclic) bond motifs is 1. The summed E-state index contributed by atoms with van der Waals surface area (Å²) in [6.07, 6.45) is 3.87. The average molecular weight is 376 g/mol. The smallest absolute Gasteiger partial charge is 0.336 e. The molecule has 5 heteroatoms. The minimum atomic E-state index is -0.368. The Bertz CT molecular complexity index is 1180. The third kappa shape index (κ3) is 4.09. The molecule has 0 aliphatic rings. The van der Waals surface area contributed by atoms with Gasteiger partial charge in [0, 0.05) is 40.8 Å². The van der Waals surface area contributed by atoms with E-state index in [-0.39, 0.29) is 11.4 Å². The molecule has 0 amide bonds. The van der Waals surface area contributed by atoms with Gasteiger partial charge in [0.05, 0.1) is 0 Å². The largest absolute Gasteiger partial charge is 0.489 e. The van der Waals surface area contributed by atoms with Gasteiger partial charge < -0.3 is 9.15 Å². The van der Waals surface area contributed by atoms with Crippen molar-refractivity contribution in [2.75, 3.05) is 0 Å². The summed E-state index contributed by atoms with van der Waals surface area (Å²) < 4.78 is 26.3. The number of pyridine rings is 1. The molecular formula is C23H19FNO3+. The molecule has 0 aliphatic carbocycles. The predicted octanol–water partition coefficient (Wildman–Crippen LogP) is 4.16. The second-order valence-electron chi connectivity index (χ2n) is 6.70. The highest BCUT2D eigenvalue weighted by Gasteiger charge is 2.07. The topological polar surface area (TPSA) is 43.3 Å². The summed E-state index contributed by atoms with van der Waals surface area (Å²) in [6.45, 7) is 2.87. The Morgan fingerprint density at radius 1 is 1.00 bits per heavy atom. The molecule has 2 heterocycles. The third-order valence-corrected chi connectivity index (χ3v) is 4.54. The van der Waals surface area contributed by atoms with Crippen molar-refractivity contribution < 1.29 is 18.1 Å². The van der Waals surface area contributed by atoms with Crippen LogP contribution in [-0.4, -0.2) is 0 Å². The van der Waals surface area contributed by atoms with Crippen molar-refractivity contribution in [2.45, 2.75) is 20.1 Å². The highest BCUT2D eigenvalue weighted by Crippen LogP contribution is 2.22. The van der Waals surface area contributed by atoms with Crippen LogP contribution in [0.4, 0.5) is 4.39 Å². The lowest BCUT2D eigenvalue weighted by Crippen LogP contribution is -2.33. The molecule has 0 saturated carbocycles. The zero-order chi connectivity index (χ0) is 19.5. The Morgan fingerprint density at radius 2 is 1.82 bits per heavy atom. The van der Waals surface area contributed by atoms with E-state index in [4.69, 9.17) is 9.15 Å². The molecular weight excluding hydrogens is 357 g/mol. The summed E-state index contributed by atoms with van der Waals surface area (Å²) in [7, 11) is 0. The average Bonchev–Trinajstić information content (AvgIpc) is 2.67. The van der Waals surface area contributed by atoms with Crippen molar-refractivity contribution >= 4 is 11.0 Å². The molecule has 0 unspecified atom stereocenters. The van der Waals surface area contributed by atoms with Crippen molar-refractivity contribution in [3.05, 3.63) is 106 Å². The van der Waals surface area contributed by atoms with E-state index in [9.17, 15) is 9.18 Å². The molecule has 0 bridgehead atoms. The number of benzene rings is 2. The summed E-state index contributed by atoms with van der Waals surface area (Å²) in [5, 5.41) is 0.894. The van der Waals surface area contributed by atoms with Gasteiger partial charge in [0.2, 0.25) is 0 Å². The van der Waals surface area contributed by atoms with Crippen LogP contribution in [-0.2, 0) is 13.2 Å². The number of hydrogen-bond donors (Lipinski definition) is 0. The molecule has 4 aromatic rings. The lowest BCUT2D eigenvalue weighted by atomic mass is 10.1. The highest BCUT2D eigenvalue weighted by molar-refractivity contribution is 5.81. The number of rotatable bonds is 5. The number of aryl methyl sites for hydroxylation is 1. The van der Waals surface area contributed by atoms with Crippen molar-refractivity contribution in [1.29, 1.82) is 0 Å². The molecule has 0 radical (unpaired) electrons. The zero-order valence-electron chi connectivity index (χ0n) is 15.4. The second kappa shape index (κ2) is 7.64. The first-order valence-corrected chi connectivity index (χ1v) is 8.96. The minimum Gasteiger partial charge on any atom is -0.489 e. The molecule has 0 fully saturated rings. The van der Waals surface area contributed by atoms with Gasteiger partial charge in [0.15, 0.2) is 18.9 Å². The molecule has 2 aromatic carbocycles. The maximum Gasteiger partial charge on any atom is 0.336 e. The first kappa shape index (κ1) is 17.9. The summed E-state index contributed by atoms with van der Waals surface area (Å²) in [5.41, 5.74) is 2.93. The van der Waals surface area contributed by atoms with Gasteiger partial charge in [-0.2, -0.15) is 0 Å². The van der Waals surface area contributed by atoms with E-state index in [1.807, 2.05) is 54.2 Å². The van der Waals surface area contributed by atoms with Crippen LogP contribution in [0.25, 0.3) is 11.0 Å². The standard InChI is InChI=1S/C23H19FNO3/c1-16-11-23(26)28-22-13-20(5-6-21(16)22)27-15-17-7-9-25(10-8-17)14-18-3-2-4-19(24)12-18/h2-13H,14-15H2,1H3/q+1. The fraction of sp³-hybridized carbons (Fsp3) is 0.130. The zero-order valence-corrected chi connectivity index (χ0v) is 15.4. The normalized spacial score (nSPS) is 10.9.